The molecule has 0 radical (unpaired) electrons. The highest BCUT2D eigenvalue weighted by molar-refractivity contribution is 9.10. The summed E-state index contributed by atoms with van der Waals surface area (Å²) in [5.41, 5.74) is 0.411. The van der Waals surface area contributed by atoms with Gasteiger partial charge in [0.05, 0.1) is 6.61 Å². The molecule has 0 saturated heterocycles. The molecule has 0 saturated carbocycles. The Morgan fingerprint density at radius 2 is 2.17 bits per heavy atom. The van der Waals surface area contributed by atoms with E-state index in [1.54, 1.807) is 6.92 Å². The summed E-state index contributed by atoms with van der Waals surface area (Å²) in [6, 6.07) is 3.03. The summed E-state index contributed by atoms with van der Waals surface area (Å²) in [5, 5.41) is 8.80. The number of carboxylic acids is 1. The molecule has 0 aromatic heterocycles. The quantitative estimate of drug-likeness (QED) is 0.816. The van der Waals surface area contributed by atoms with Crippen molar-refractivity contribution in [2.45, 2.75) is 20.0 Å². The molecule has 0 heterocycles. The van der Waals surface area contributed by atoms with Crippen LogP contribution in [-0.2, 0) is 4.79 Å². The number of carboxylic acid groups (broad SMARTS) is 1. The molecule has 6 heteroatoms. The Labute approximate surface area is 113 Å². The van der Waals surface area contributed by atoms with Crippen LogP contribution in [0.3, 0.4) is 0 Å². The Bertz CT molecular complexity index is 458. The molecule has 0 aliphatic carbocycles. The van der Waals surface area contributed by atoms with E-state index in [0.29, 0.717) is 28.7 Å². The number of benzene rings is 1. The molecule has 0 aliphatic rings. The average Bonchev–Trinajstić information content (AvgIpc) is 2.32. The molecule has 5 nitrogen and oxygen atoms in total. The molecule has 18 heavy (non-hydrogen) atoms. The van der Waals surface area contributed by atoms with E-state index in [0.717, 1.165) is 0 Å². The summed E-state index contributed by atoms with van der Waals surface area (Å²) in [4.78, 5) is 21.6. The second-order valence-electron chi connectivity index (χ2n) is 3.47. The largest absolute Gasteiger partial charge is 0.490 e. The third kappa shape index (κ3) is 3.46. The van der Waals surface area contributed by atoms with Crippen LogP contribution in [-0.4, -0.2) is 30.1 Å². The maximum absolute atomic E-state index is 10.8. The van der Waals surface area contributed by atoms with Gasteiger partial charge in [-0.15, -0.1) is 0 Å². The van der Waals surface area contributed by atoms with E-state index in [1.165, 1.54) is 19.1 Å². The van der Waals surface area contributed by atoms with Crippen molar-refractivity contribution in [2.75, 3.05) is 6.61 Å². The average molecular weight is 317 g/mol. The van der Waals surface area contributed by atoms with Gasteiger partial charge in [-0.2, -0.15) is 0 Å². The van der Waals surface area contributed by atoms with E-state index >= 15 is 0 Å². The smallest absolute Gasteiger partial charge is 0.344 e. The summed E-state index contributed by atoms with van der Waals surface area (Å²) < 4.78 is 11.1. The van der Waals surface area contributed by atoms with Gasteiger partial charge in [0.1, 0.15) is 0 Å². The molecule has 1 aromatic rings. The van der Waals surface area contributed by atoms with Crippen LogP contribution in [0.1, 0.15) is 24.2 Å². The summed E-state index contributed by atoms with van der Waals surface area (Å²) in [5.74, 6) is -0.451. The Morgan fingerprint density at radius 1 is 1.50 bits per heavy atom. The maximum atomic E-state index is 10.8. The minimum absolute atomic E-state index is 0.282. The van der Waals surface area contributed by atoms with Crippen LogP contribution in [0.4, 0.5) is 0 Å². The van der Waals surface area contributed by atoms with Gasteiger partial charge in [0.25, 0.3) is 0 Å². The van der Waals surface area contributed by atoms with E-state index in [2.05, 4.69) is 15.9 Å². The lowest BCUT2D eigenvalue weighted by Crippen LogP contribution is -2.23. The molecule has 0 aliphatic heterocycles. The molecule has 1 unspecified atom stereocenters. The number of rotatable bonds is 6. The van der Waals surface area contributed by atoms with Gasteiger partial charge in [-0.05, 0) is 41.9 Å². The molecule has 0 fully saturated rings. The number of hydrogen-bond donors (Lipinski definition) is 1. The molecule has 1 N–H and O–H groups in total. The van der Waals surface area contributed by atoms with Crippen molar-refractivity contribution >= 4 is 28.2 Å². The first-order chi connectivity index (χ1) is 8.49. The highest BCUT2D eigenvalue weighted by Gasteiger charge is 2.17. The summed E-state index contributed by atoms with van der Waals surface area (Å²) in [6.07, 6.45) is -0.324. The zero-order chi connectivity index (χ0) is 13.7. The number of hydrogen-bond acceptors (Lipinski definition) is 4. The SMILES string of the molecule is CCOc1cc(C=O)c(Br)cc1OC(C)C(=O)O. The number of aliphatic carboxylic acids is 1. The summed E-state index contributed by atoms with van der Waals surface area (Å²) in [7, 11) is 0. The first kappa shape index (κ1) is 14.5. The van der Waals surface area contributed by atoms with Crippen LogP contribution in [0.2, 0.25) is 0 Å². The molecule has 0 amide bonds. The van der Waals surface area contributed by atoms with Crippen LogP contribution >= 0.6 is 15.9 Å². The third-order valence-electron chi connectivity index (χ3n) is 2.14. The van der Waals surface area contributed by atoms with Gasteiger partial charge in [-0.1, -0.05) is 0 Å². The lowest BCUT2D eigenvalue weighted by molar-refractivity contribution is -0.144. The predicted octanol–water partition coefficient (Wildman–Crippen LogP) is 2.51. The number of aldehydes is 1. The molecular formula is C12H13BrO5. The topological polar surface area (TPSA) is 72.8 Å². The Kier molecular flexibility index (Phi) is 5.15. The molecule has 1 rings (SSSR count). The van der Waals surface area contributed by atoms with Crippen LogP contribution in [0.5, 0.6) is 11.5 Å². The van der Waals surface area contributed by atoms with Crippen LogP contribution in [0.15, 0.2) is 16.6 Å². The second-order valence-corrected chi connectivity index (χ2v) is 4.32. The van der Waals surface area contributed by atoms with Gasteiger partial charge in [-0.25, -0.2) is 4.79 Å². The van der Waals surface area contributed by atoms with E-state index in [1.807, 2.05) is 0 Å². The fraction of sp³-hybridized carbons (Fsp3) is 0.333. The number of halogens is 1. The Morgan fingerprint density at radius 3 is 2.67 bits per heavy atom. The zero-order valence-corrected chi connectivity index (χ0v) is 11.6. The van der Waals surface area contributed by atoms with Crippen LogP contribution in [0.25, 0.3) is 0 Å². The fourth-order valence-electron chi connectivity index (χ4n) is 1.24. The van der Waals surface area contributed by atoms with Gasteiger partial charge in [0.2, 0.25) is 0 Å². The van der Waals surface area contributed by atoms with E-state index in [4.69, 9.17) is 14.6 Å². The van der Waals surface area contributed by atoms with E-state index < -0.39 is 12.1 Å². The Balaban J connectivity index is 3.11. The minimum Gasteiger partial charge on any atom is -0.490 e. The van der Waals surface area contributed by atoms with Gasteiger partial charge < -0.3 is 14.6 Å². The molecule has 1 aromatic carbocycles. The van der Waals surface area contributed by atoms with Crippen LogP contribution in [0, 0.1) is 0 Å². The molecule has 98 valence electrons. The molecule has 1 atom stereocenters. The van der Waals surface area contributed by atoms with Crippen molar-refractivity contribution in [3.63, 3.8) is 0 Å². The number of carbonyl (C=O) groups is 2. The lowest BCUT2D eigenvalue weighted by Gasteiger charge is -2.15. The van der Waals surface area contributed by atoms with Gasteiger partial charge in [-0.3, -0.25) is 4.79 Å². The predicted molar refractivity (Wildman–Crippen MR) is 68.4 cm³/mol. The van der Waals surface area contributed by atoms with Gasteiger partial charge in [0.15, 0.2) is 23.9 Å². The monoisotopic (exact) mass is 316 g/mol. The minimum atomic E-state index is -1.08. The van der Waals surface area contributed by atoms with Crippen molar-refractivity contribution in [1.82, 2.24) is 0 Å². The van der Waals surface area contributed by atoms with Crippen molar-refractivity contribution in [3.05, 3.63) is 22.2 Å². The highest BCUT2D eigenvalue weighted by Crippen LogP contribution is 2.33. The van der Waals surface area contributed by atoms with Crippen LogP contribution < -0.4 is 9.47 Å². The van der Waals surface area contributed by atoms with E-state index in [-0.39, 0.29) is 5.75 Å². The fourth-order valence-corrected chi connectivity index (χ4v) is 1.66. The number of ether oxygens (including phenoxy) is 2. The highest BCUT2D eigenvalue weighted by atomic mass is 79.9. The third-order valence-corrected chi connectivity index (χ3v) is 2.83. The van der Waals surface area contributed by atoms with Crippen molar-refractivity contribution in [3.8, 4) is 11.5 Å². The normalized spacial score (nSPS) is 11.7. The molecule has 0 bridgehead atoms. The van der Waals surface area contributed by atoms with Crippen molar-refractivity contribution < 1.29 is 24.2 Å². The Hall–Kier alpha value is -1.56. The first-order valence-corrected chi connectivity index (χ1v) is 6.09. The number of carbonyl (C=O) groups excluding carboxylic acids is 1. The van der Waals surface area contributed by atoms with Gasteiger partial charge >= 0.3 is 5.97 Å². The maximum Gasteiger partial charge on any atom is 0.344 e. The van der Waals surface area contributed by atoms with Crippen molar-refractivity contribution in [2.24, 2.45) is 0 Å². The standard InChI is InChI=1S/C12H13BrO5/c1-3-17-10-4-8(6-14)9(13)5-11(10)18-7(2)12(15)16/h4-7H,3H2,1-2H3,(H,15,16). The summed E-state index contributed by atoms with van der Waals surface area (Å²) >= 11 is 3.21. The molecule has 0 spiro atoms. The van der Waals surface area contributed by atoms with Gasteiger partial charge in [0, 0.05) is 10.0 Å². The molecular weight excluding hydrogens is 304 g/mol. The zero-order valence-electron chi connectivity index (χ0n) is 9.97. The first-order valence-electron chi connectivity index (χ1n) is 5.30. The summed E-state index contributed by atoms with van der Waals surface area (Å²) in [6.45, 7) is 3.59. The lowest BCUT2D eigenvalue weighted by atomic mass is 10.2. The second kappa shape index (κ2) is 6.39. The van der Waals surface area contributed by atoms with Crippen molar-refractivity contribution in [1.29, 1.82) is 0 Å². The van der Waals surface area contributed by atoms with E-state index in [9.17, 15) is 9.59 Å².